The van der Waals surface area contributed by atoms with E-state index in [9.17, 15) is 9.59 Å². The first-order valence-electron chi connectivity index (χ1n) is 11.0. The lowest BCUT2D eigenvalue weighted by Gasteiger charge is -2.24. The lowest BCUT2D eigenvalue weighted by atomic mass is 10.1. The van der Waals surface area contributed by atoms with Crippen molar-refractivity contribution in [2.75, 3.05) is 24.7 Å². The minimum atomic E-state index is -0.320. The minimum absolute atomic E-state index is 0.234. The highest BCUT2D eigenvalue weighted by atomic mass is 32.2. The third-order valence-electron chi connectivity index (χ3n) is 4.79. The molecule has 8 nitrogen and oxygen atoms in total. The fourth-order valence-corrected chi connectivity index (χ4v) is 5.90. The SMILES string of the molecule is CC1(C)N=C(SCC(=O)OCCCCOC(=O)CSC2=NC(C)(C)NC2(C)C)C(C)(C)N1. The van der Waals surface area contributed by atoms with Gasteiger partial charge in [-0.2, -0.15) is 0 Å². The number of thioether (sulfide) groups is 2. The number of rotatable bonds is 9. The van der Waals surface area contributed by atoms with Gasteiger partial charge in [-0.05, 0) is 68.2 Å². The smallest absolute Gasteiger partial charge is 0.316 e. The van der Waals surface area contributed by atoms with Crippen LogP contribution in [-0.4, -0.2) is 69.1 Å². The Labute approximate surface area is 200 Å². The zero-order chi connectivity index (χ0) is 24.2. The lowest BCUT2D eigenvalue weighted by Crippen LogP contribution is -2.47. The summed E-state index contributed by atoms with van der Waals surface area (Å²) in [5, 5.41) is 8.67. The van der Waals surface area contributed by atoms with Gasteiger partial charge in [-0.3, -0.25) is 30.2 Å². The molecule has 0 aromatic carbocycles. The van der Waals surface area contributed by atoms with Crippen molar-refractivity contribution in [1.82, 2.24) is 10.6 Å². The second-order valence-corrected chi connectivity index (χ2v) is 12.1. The Morgan fingerprint density at radius 3 is 1.34 bits per heavy atom. The summed E-state index contributed by atoms with van der Waals surface area (Å²) < 4.78 is 10.6. The van der Waals surface area contributed by atoms with Gasteiger partial charge in [0.05, 0.1) is 45.9 Å². The van der Waals surface area contributed by atoms with Crippen LogP contribution in [-0.2, 0) is 19.1 Å². The Balaban J connectivity index is 1.55. The molecule has 2 aliphatic heterocycles. The number of esters is 2. The second kappa shape index (κ2) is 10.4. The standard InChI is InChI=1S/C22H38N4O4S2/c1-19(2)17(23-21(5,6)25-19)31-13-15(27)29-11-9-10-12-30-16(28)14-32-18-20(3,4)26-22(7,8)24-18/h25-26H,9-14H2,1-8H3. The first kappa shape index (κ1) is 27.1. The summed E-state index contributed by atoms with van der Waals surface area (Å²) in [6.45, 7) is 16.9. The Hall–Kier alpha value is -1.10. The maximum absolute atomic E-state index is 12.0. The molecule has 0 saturated carbocycles. The second-order valence-electron chi connectivity index (χ2n) is 10.2. The van der Waals surface area contributed by atoms with Gasteiger partial charge in [-0.15, -0.1) is 0 Å². The highest BCUT2D eigenvalue weighted by Gasteiger charge is 2.40. The molecule has 0 spiro atoms. The number of hydrogen-bond donors (Lipinski definition) is 2. The molecule has 2 heterocycles. The van der Waals surface area contributed by atoms with Crippen molar-refractivity contribution in [3.63, 3.8) is 0 Å². The molecule has 182 valence electrons. The Morgan fingerprint density at radius 2 is 1.06 bits per heavy atom. The lowest BCUT2D eigenvalue weighted by molar-refractivity contribution is -0.142. The van der Waals surface area contributed by atoms with Gasteiger partial charge in [0, 0.05) is 0 Å². The molecule has 0 bridgehead atoms. The van der Waals surface area contributed by atoms with Gasteiger partial charge >= 0.3 is 11.9 Å². The van der Waals surface area contributed by atoms with Crippen LogP contribution in [0.15, 0.2) is 9.98 Å². The molecule has 10 heteroatoms. The van der Waals surface area contributed by atoms with Gasteiger partial charge in [0.2, 0.25) is 0 Å². The number of nitrogens with zero attached hydrogens (tertiary/aromatic N) is 2. The molecule has 0 radical (unpaired) electrons. The molecule has 0 aromatic heterocycles. The van der Waals surface area contributed by atoms with E-state index in [0.717, 1.165) is 10.1 Å². The molecular formula is C22H38N4O4S2. The summed E-state index contributed by atoms with van der Waals surface area (Å²) in [5.74, 6) is -0.0535. The quantitative estimate of drug-likeness (QED) is 0.378. The Kier molecular flexibility index (Phi) is 8.86. The number of ether oxygens (including phenoxy) is 2. The van der Waals surface area contributed by atoms with Gasteiger partial charge in [-0.1, -0.05) is 23.5 Å². The van der Waals surface area contributed by atoms with Crippen LogP contribution in [0.5, 0.6) is 0 Å². The summed E-state index contributed by atoms with van der Waals surface area (Å²) in [6.07, 6.45) is 1.30. The first-order valence-corrected chi connectivity index (χ1v) is 13.0. The molecule has 0 fully saturated rings. The Bertz CT molecular complexity index is 712. The maximum Gasteiger partial charge on any atom is 0.316 e. The van der Waals surface area contributed by atoms with E-state index in [1.54, 1.807) is 0 Å². The third kappa shape index (κ3) is 8.35. The van der Waals surface area contributed by atoms with Gasteiger partial charge < -0.3 is 9.47 Å². The molecule has 0 saturated heterocycles. The molecule has 0 aliphatic carbocycles. The number of unbranched alkanes of at least 4 members (excludes halogenated alkanes) is 1. The van der Waals surface area contributed by atoms with E-state index in [0.29, 0.717) is 26.1 Å². The van der Waals surface area contributed by atoms with Crippen molar-refractivity contribution in [2.45, 2.75) is 90.6 Å². The van der Waals surface area contributed by atoms with Gasteiger partial charge in [0.25, 0.3) is 0 Å². The molecular weight excluding hydrogens is 448 g/mol. The van der Waals surface area contributed by atoms with Gasteiger partial charge in [-0.25, -0.2) is 0 Å². The summed E-state index contributed by atoms with van der Waals surface area (Å²) >= 11 is 2.83. The van der Waals surface area contributed by atoms with Crippen LogP contribution in [0, 0.1) is 0 Å². The van der Waals surface area contributed by atoms with Crippen LogP contribution >= 0.6 is 23.5 Å². The van der Waals surface area contributed by atoms with E-state index in [1.807, 2.05) is 27.7 Å². The van der Waals surface area contributed by atoms with Crippen molar-refractivity contribution in [1.29, 1.82) is 0 Å². The highest BCUT2D eigenvalue weighted by molar-refractivity contribution is 8.15. The first-order chi connectivity index (χ1) is 14.6. The highest BCUT2D eigenvalue weighted by Crippen LogP contribution is 2.30. The normalized spacial score (nSPS) is 22.2. The van der Waals surface area contributed by atoms with Gasteiger partial charge in [0.1, 0.15) is 11.3 Å². The Morgan fingerprint density at radius 1 is 0.719 bits per heavy atom. The fourth-order valence-electron chi connectivity index (χ4n) is 3.82. The molecule has 0 amide bonds. The monoisotopic (exact) mass is 486 g/mol. The molecule has 0 aromatic rings. The van der Waals surface area contributed by atoms with Crippen LogP contribution in [0.25, 0.3) is 0 Å². The van der Waals surface area contributed by atoms with Crippen molar-refractivity contribution in [2.24, 2.45) is 9.98 Å². The molecule has 2 rings (SSSR count). The predicted octanol–water partition coefficient (Wildman–Crippen LogP) is 3.35. The van der Waals surface area contributed by atoms with Crippen molar-refractivity contribution in [3.8, 4) is 0 Å². The number of carbonyl (C=O) groups excluding carboxylic acids is 2. The van der Waals surface area contributed by atoms with Crippen LogP contribution in [0.4, 0.5) is 0 Å². The summed E-state index contributed by atoms with van der Waals surface area (Å²) in [6, 6.07) is 0. The van der Waals surface area contributed by atoms with E-state index in [4.69, 9.17) is 9.47 Å². The maximum atomic E-state index is 12.0. The van der Waals surface area contributed by atoms with Crippen molar-refractivity contribution >= 4 is 45.5 Å². The van der Waals surface area contributed by atoms with Crippen LogP contribution in [0.3, 0.4) is 0 Å². The van der Waals surface area contributed by atoms with Crippen LogP contribution in [0.1, 0.15) is 68.2 Å². The molecule has 32 heavy (non-hydrogen) atoms. The fraction of sp³-hybridized carbons (Fsp3) is 0.818. The van der Waals surface area contributed by atoms with Gasteiger partial charge in [0.15, 0.2) is 0 Å². The topological polar surface area (TPSA) is 101 Å². The predicted molar refractivity (Wildman–Crippen MR) is 134 cm³/mol. The minimum Gasteiger partial charge on any atom is -0.465 e. The number of hydrogen-bond acceptors (Lipinski definition) is 10. The average Bonchev–Trinajstić information content (AvgIpc) is 2.98. The van der Waals surface area contributed by atoms with E-state index < -0.39 is 0 Å². The number of carbonyl (C=O) groups is 2. The number of nitrogens with one attached hydrogen (secondary N) is 2. The van der Waals surface area contributed by atoms with E-state index in [2.05, 4.69) is 48.3 Å². The zero-order valence-corrected chi connectivity index (χ0v) is 22.2. The summed E-state index contributed by atoms with van der Waals surface area (Å²) in [7, 11) is 0. The molecule has 0 atom stereocenters. The van der Waals surface area contributed by atoms with Crippen LogP contribution < -0.4 is 10.6 Å². The molecule has 2 aliphatic rings. The zero-order valence-electron chi connectivity index (χ0n) is 20.6. The molecule has 2 N–H and O–H groups in total. The third-order valence-corrected chi connectivity index (χ3v) is 7.30. The molecule has 0 unspecified atom stereocenters. The summed E-state index contributed by atoms with van der Waals surface area (Å²) in [5.41, 5.74) is -1.13. The van der Waals surface area contributed by atoms with Crippen molar-refractivity contribution < 1.29 is 19.1 Å². The van der Waals surface area contributed by atoms with E-state index in [-0.39, 0.29) is 45.8 Å². The summed E-state index contributed by atoms with van der Waals surface area (Å²) in [4.78, 5) is 33.3. The largest absolute Gasteiger partial charge is 0.465 e. The van der Waals surface area contributed by atoms with Crippen LogP contribution in [0.2, 0.25) is 0 Å². The average molecular weight is 487 g/mol. The van der Waals surface area contributed by atoms with Crippen molar-refractivity contribution in [3.05, 3.63) is 0 Å². The van der Waals surface area contributed by atoms with E-state index in [1.165, 1.54) is 23.5 Å². The van der Waals surface area contributed by atoms with E-state index >= 15 is 0 Å². The number of aliphatic imine (C=N–C) groups is 2.